The fourth-order valence-electron chi connectivity index (χ4n) is 3.65. The third kappa shape index (κ3) is 2.04. The normalized spacial score (nSPS) is 39.7. The van der Waals surface area contributed by atoms with Crippen molar-refractivity contribution in [3.63, 3.8) is 0 Å². The molecule has 1 heterocycles. The van der Waals surface area contributed by atoms with Gasteiger partial charge < -0.3 is 10.2 Å². The lowest BCUT2D eigenvalue weighted by molar-refractivity contribution is -0.155. The summed E-state index contributed by atoms with van der Waals surface area (Å²) >= 11 is 0. The highest BCUT2D eigenvalue weighted by Crippen LogP contribution is 2.52. The Morgan fingerprint density at radius 3 is 2.30 bits per heavy atom. The van der Waals surface area contributed by atoms with E-state index in [0.29, 0.717) is 23.7 Å². The van der Waals surface area contributed by atoms with E-state index in [9.17, 15) is 9.59 Å². The van der Waals surface area contributed by atoms with Gasteiger partial charge in [-0.25, -0.2) is 0 Å². The van der Waals surface area contributed by atoms with Gasteiger partial charge in [0.25, 0.3) is 0 Å². The van der Waals surface area contributed by atoms with E-state index in [4.69, 9.17) is 0 Å². The van der Waals surface area contributed by atoms with E-state index >= 15 is 0 Å². The van der Waals surface area contributed by atoms with Crippen molar-refractivity contribution < 1.29 is 9.59 Å². The Morgan fingerprint density at radius 2 is 1.85 bits per heavy atom. The smallest absolute Gasteiger partial charge is 0.249 e. The van der Waals surface area contributed by atoms with Gasteiger partial charge in [-0.3, -0.25) is 9.59 Å². The molecule has 3 fully saturated rings. The standard InChI is InChI=1S/C16H26N2O2/c1-5-12-13(19)17-16(4,10-6-7-10)14(20)18(12)9-11-8-15(11,2)3/h10-12H,5-9H2,1-4H3,(H,17,19). The van der Waals surface area contributed by atoms with Crippen molar-refractivity contribution in [1.29, 1.82) is 0 Å². The maximum absolute atomic E-state index is 12.9. The van der Waals surface area contributed by atoms with Crippen LogP contribution in [0.3, 0.4) is 0 Å². The van der Waals surface area contributed by atoms with Crippen LogP contribution in [0.2, 0.25) is 0 Å². The molecule has 20 heavy (non-hydrogen) atoms. The van der Waals surface area contributed by atoms with E-state index in [1.807, 2.05) is 18.7 Å². The molecule has 3 aliphatic rings. The number of nitrogens with one attached hydrogen (secondary N) is 1. The molecule has 3 unspecified atom stereocenters. The highest BCUT2D eigenvalue weighted by molar-refractivity contribution is 6.00. The molecule has 0 aromatic heterocycles. The summed E-state index contributed by atoms with van der Waals surface area (Å²) in [6.45, 7) is 9.14. The van der Waals surface area contributed by atoms with Crippen LogP contribution in [0.25, 0.3) is 0 Å². The molecular weight excluding hydrogens is 252 g/mol. The Kier molecular flexibility index (Phi) is 2.93. The van der Waals surface area contributed by atoms with Crippen molar-refractivity contribution in [2.24, 2.45) is 17.3 Å². The first-order valence-electron chi connectivity index (χ1n) is 7.92. The number of carbonyl (C=O) groups is 2. The lowest BCUT2D eigenvalue weighted by Crippen LogP contribution is -2.70. The van der Waals surface area contributed by atoms with Gasteiger partial charge in [0.05, 0.1) is 0 Å². The van der Waals surface area contributed by atoms with Crippen LogP contribution in [0.5, 0.6) is 0 Å². The monoisotopic (exact) mass is 278 g/mol. The number of carbonyl (C=O) groups excluding carboxylic acids is 2. The molecule has 112 valence electrons. The molecule has 4 heteroatoms. The topological polar surface area (TPSA) is 49.4 Å². The van der Waals surface area contributed by atoms with E-state index in [1.54, 1.807) is 0 Å². The molecule has 3 atom stereocenters. The molecule has 2 amide bonds. The lowest BCUT2D eigenvalue weighted by Gasteiger charge is -2.45. The van der Waals surface area contributed by atoms with Crippen LogP contribution in [0.1, 0.15) is 53.4 Å². The summed E-state index contributed by atoms with van der Waals surface area (Å²) in [7, 11) is 0. The molecule has 0 aromatic carbocycles. The average molecular weight is 278 g/mol. The van der Waals surface area contributed by atoms with Gasteiger partial charge in [0.2, 0.25) is 11.8 Å². The van der Waals surface area contributed by atoms with Gasteiger partial charge in [0.1, 0.15) is 11.6 Å². The molecule has 3 rings (SSSR count). The Labute approximate surface area is 121 Å². The maximum atomic E-state index is 12.9. The third-order valence-electron chi connectivity index (χ3n) is 5.68. The minimum atomic E-state index is -0.651. The maximum Gasteiger partial charge on any atom is 0.249 e. The first-order valence-corrected chi connectivity index (χ1v) is 7.92. The summed E-state index contributed by atoms with van der Waals surface area (Å²) in [4.78, 5) is 27.2. The lowest BCUT2D eigenvalue weighted by atomic mass is 9.88. The van der Waals surface area contributed by atoms with Crippen LogP contribution in [-0.2, 0) is 9.59 Å². The van der Waals surface area contributed by atoms with Crippen LogP contribution in [0.4, 0.5) is 0 Å². The molecule has 0 radical (unpaired) electrons. The number of nitrogens with zero attached hydrogens (tertiary/aromatic N) is 1. The minimum Gasteiger partial charge on any atom is -0.340 e. The summed E-state index contributed by atoms with van der Waals surface area (Å²) in [6.07, 6.45) is 3.98. The van der Waals surface area contributed by atoms with Gasteiger partial charge in [-0.2, -0.15) is 0 Å². The Morgan fingerprint density at radius 1 is 1.25 bits per heavy atom. The third-order valence-corrected chi connectivity index (χ3v) is 5.68. The molecule has 1 aliphatic heterocycles. The van der Waals surface area contributed by atoms with E-state index in [1.165, 1.54) is 0 Å². The molecule has 4 nitrogen and oxygen atoms in total. The van der Waals surface area contributed by atoms with Crippen LogP contribution in [0.15, 0.2) is 0 Å². The van der Waals surface area contributed by atoms with E-state index in [0.717, 1.165) is 25.8 Å². The zero-order chi connectivity index (χ0) is 14.7. The Balaban J connectivity index is 1.82. The molecule has 1 N–H and O–H groups in total. The second-order valence-electron chi connectivity index (χ2n) is 7.74. The molecule has 2 saturated carbocycles. The van der Waals surface area contributed by atoms with E-state index in [2.05, 4.69) is 19.2 Å². The fraction of sp³-hybridized carbons (Fsp3) is 0.875. The number of hydrogen-bond acceptors (Lipinski definition) is 2. The zero-order valence-corrected chi connectivity index (χ0v) is 13.0. The number of piperazine rings is 1. The SMILES string of the molecule is CCC1C(=O)NC(C)(C2CC2)C(=O)N1CC1CC1(C)C. The predicted octanol–water partition coefficient (Wildman–Crippen LogP) is 1.94. The average Bonchev–Trinajstić information content (AvgIpc) is 3.24. The summed E-state index contributed by atoms with van der Waals surface area (Å²) in [6, 6.07) is -0.272. The van der Waals surface area contributed by atoms with E-state index < -0.39 is 5.54 Å². The van der Waals surface area contributed by atoms with Crippen LogP contribution in [-0.4, -0.2) is 34.8 Å². The van der Waals surface area contributed by atoms with Crippen molar-refractivity contribution in [2.75, 3.05) is 6.54 Å². The predicted molar refractivity (Wildman–Crippen MR) is 77.0 cm³/mol. The number of rotatable bonds is 4. The quantitative estimate of drug-likeness (QED) is 0.854. The summed E-state index contributed by atoms with van der Waals surface area (Å²) in [5, 5.41) is 3.02. The molecular formula is C16H26N2O2. The second-order valence-corrected chi connectivity index (χ2v) is 7.74. The largest absolute Gasteiger partial charge is 0.340 e. The Hall–Kier alpha value is -1.06. The fourth-order valence-corrected chi connectivity index (χ4v) is 3.65. The van der Waals surface area contributed by atoms with Gasteiger partial charge in [0, 0.05) is 6.54 Å². The zero-order valence-electron chi connectivity index (χ0n) is 13.0. The molecule has 1 saturated heterocycles. The molecule has 0 bridgehead atoms. The van der Waals surface area contributed by atoms with Crippen molar-refractivity contribution in [1.82, 2.24) is 10.2 Å². The first-order chi connectivity index (χ1) is 9.29. The number of amides is 2. The van der Waals surface area contributed by atoms with Gasteiger partial charge >= 0.3 is 0 Å². The van der Waals surface area contributed by atoms with Crippen molar-refractivity contribution in [3.05, 3.63) is 0 Å². The van der Waals surface area contributed by atoms with Gasteiger partial charge in [0.15, 0.2) is 0 Å². The second kappa shape index (κ2) is 4.22. The highest BCUT2D eigenvalue weighted by Gasteiger charge is 2.57. The molecule has 0 aromatic rings. The minimum absolute atomic E-state index is 0.0416. The van der Waals surface area contributed by atoms with Crippen molar-refractivity contribution in [2.45, 2.75) is 65.0 Å². The molecule has 2 aliphatic carbocycles. The summed E-state index contributed by atoms with van der Waals surface area (Å²) < 4.78 is 0. The van der Waals surface area contributed by atoms with Crippen molar-refractivity contribution in [3.8, 4) is 0 Å². The first kappa shape index (κ1) is 13.9. The Bertz CT molecular complexity index is 455. The summed E-state index contributed by atoms with van der Waals surface area (Å²) in [5.74, 6) is 1.08. The highest BCUT2D eigenvalue weighted by atomic mass is 16.2. The van der Waals surface area contributed by atoms with Crippen LogP contribution in [0, 0.1) is 17.3 Å². The van der Waals surface area contributed by atoms with Crippen LogP contribution < -0.4 is 5.32 Å². The van der Waals surface area contributed by atoms with Gasteiger partial charge in [-0.15, -0.1) is 0 Å². The van der Waals surface area contributed by atoms with Gasteiger partial charge in [-0.05, 0) is 49.9 Å². The summed E-state index contributed by atoms with van der Waals surface area (Å²) in [5.41, 5.74) is -0.315. The van der Waals surface area contributed by atoms with E-state index in [-0.39, 0.29) is 17.9 Å². The van der Waals surface area contributed by atoms with Gasteiger partial charge in [-0.1, -0.05) is 20.8 Å². The van der Waals surface area contributed by atoms with Crippen LogP contribution >= 0.6 is 0 Å². The van der Waals surface area contributed by atoms with Crippen molar-refractivity contribution >= 4 is 11.8 Å². The number of hydrogen-bond donors (Lipinski definition) is 1. The molecule has 0 spiro atoms.